The van der Waals surface area contributed by atoms with Crippen molar-refractivity contribution < 1.29 is 19.6 Å². The monoisotopic (exact) mass is 264 g/mol. The molecule has 1 fully saturated rings. The van der Waals surface area contributed by atoms with Crippen LogP contribution in [0.15, 0.2) is 24.3 Å². The first-order valence-corrected chi connectivity index (χ1v) is 5.76. The molecule has 1 amide bonds. The fraction of sp³-hybridized carbons (Fsp3) is 0.333. The maximum Gasteiger partial charge on any atom is 0.308 e. The minimum Gasteiger partial charge on any atom is -0.481 e. The molecule has 0 aliphatic carbocycles. The fourth-order valence-electron chi connectivity index (χ4n) is 2.13. The Kier molecular flexibility index (Phi) is 3.46. The number of rotatable bonds is 3. The average molecular weight is 264 g/mol. The van der Waals surface area contributed by atoms with Crippen molar-refractivity contribution in [1.82, 2.24) is 4.90 Å². The summed E-state index contributed by atoms with van der Waals surface area (Å²) in [5, 5.41) is 19.7. The zero-order valence-electron chi connectivity index (χ0n) is 9.98. The molecule has 1 aliphatic rings. The summed E-state index contributed by atoms with van der Waals surface area (Å²) in [4.78, 5) is 34.6. The molecule has 1 atom stereocenters. The van der Waals surface area contributed by atoms with E-state index in [1.54, 1.807) is 6.07 Å². The Morgan fingerprint density at radius 2 is 2.05 bits per heavy atom. The Labute approximate surface area is 108 Å². The molecule has 1 aromatic carbocycles. The van der Waals surface area contributed by atoms with Gasteiger partial charge in [0.05, 0.1) is 10.8 Å². The van der Waals surface area contributed by atoms with Crippen molar-refractivity contribution >= 4 is 17.6 Å². The first-order chi connectivity index (χ1) is 9.00. The molecular formula is C12H12N2O5. The summed E-state index contributed by atoms with van der Waals surface area (Å²) in [5.74, 6) is -2.03. The molecule has 100 valence electrons. The number of likely N-dealkylation sites (tertiary alicyclic amines) is 1. The van der Waals surface area contributed by atoms with Crippen molar-refractivity contribution in [3.05, 3.63) is 39.9 Å². The van der Waals surface area contributed by atoms with Gasteiger partial charge in [0.2, 0.25) is 0 Å². The van der Waals surface area contributed by atoms with Crippen molar-refractivity contribution in [3.63, 3.8) is 0 Å². The van der Waals surface area contributed by atoms with Gasteiger partial charge in [-0.2, -0.15) is 0 Å². The molecule has 7 nitrogen and oxygen atoms in total. The van der Waals surface area contributed by atoms with Crippen LogP contribution in [-0.2, 0) is 4.79 Å². The summed E-state index contributed by atoms with van der Waals surface area (Å²) in [6, 6.07) is 5.68. The molecule has 0 bridgehead atoms. The number of carbonyl (C=O) groups is 2. The van der Waals surface area contributed by atoms with Crippen LogP contribution in [0.4, 0.5) is 5.69 Å². The molecule has 1 aromatic rings. The predicted molar refractivity (Wildman–Crippen MR) is 64.7 cm³/mol. The Bertz CT molecular complexity index is 543. The lowest BCUT2D eigenvalue weighted by Gasteiger charge is -2.15. The third-order valence-corrected chi connectivity index (χ3v) is 3.16. The number of carboxylic acid groups (broad SMARTS) is 1. The second-order valence-electron chi connectivity index (χ2n) is 4.35. The van der Waals surface area contributed by atoms with Crippen molar-refractivity contribution in [2.75, 3.05) is 13.1 Å². The van der Waals surface area contributed by atoms with Crippen LogP contribution in [0.25, 0.3) is 0 Å². The van der Waals surface area contributed by atoms with Crippen molar-refractivity contribution in [3.8, 4) is 0 Å². The van der Waals surface area contributed by atoms with Crippen LogP contribution in [0, 0.1) is 16.0 Å². The number of nitro benzene ring substituents is 1. The highest BCUT2D eigenvalue weighted by Gasteiger charge is 2.33. The Morgan fingerprint density at radius 3 is 2.63 bits per heavy atom. The van der Waals surface area contributed by atoms with Crippen LogP contribution in [0.2, 0.25) is 0 Å². The third-order valence-electron chi connectivity index (χ3n) is 3.16. The van der Waals surface area contributed by atoms with E-state index in [-0.39, 0.29) is 17.8 Å². The van der Waals surface area contributed by atoms with E-state index >= 15 is 0 Å². The highest BCUT2D eigenvalue weighted by Crippen LogP contribution is 2.23. The van der Waals surface area contributed by atoms with Crippen LogP contribution in [0.5, 0.6) is 0 Å². The van der Waals surface area contributed by atoms with Crippen LogP contribution < -0.4 is 0 Å². The van der Waals surface area contributed by atoms with E-state index < -0.39 is 22.7 Å². The van der Waals surface area contributed by atoms with Crippen LogP contribution in [0.3, 0.4) is 0 Å². The lowest BCUT2D eigenvalue weighted by molar-refractivity contribution is -0.385. The highest BCUT2D eigenvalue weighted by molar-refractivity contribution is 5.98. The number of para-hydroxylation sites is 1. The molecule has 7 heteroatoms. The molecule has 1 N–H and O–H groups in total. The number of nitro groups is 1. The summed E-state index contributed by atoms with van der Waals surface area (Å²) < 4.78 is 0. The second kappa shape index (κ2) is 5.05. The highest BCUT2D eigenvalue weighted by atomic mass is 16.6. The summed E-state index contributed by atoms with van der Waals surface area (Å²) in [7, 11) is 0. The molecular weight excluding hydrogens is 252 g/mol. The van der Waals surface area contributed by atoms with Gasteiger partial charge in [-0.15, -0.1) is 0 Å². The van der Waals surface area contributed by atoms with Gasteiger partial charge in [-0.3, -0.25) is 19.7 Å². The molecule has 1 saturated heterocycles. The Hall–Kier alpha value is -2.44. The summed E-state index contributed by atoms with van der Waals surface area (Å²) in [5.41, 5.74) is -0.259. The lowest BCUT2D eigenvalue weighted by atomic mass is 10.1. The maximum absolute atomic E-state index is 12.2. The molecule has 1 aliphatic heterocycles. The van der Waals surface area contributed by atoms with Crippen molar-refractivity contribution in [2.45, 2.75) is 6.42 Å². The smallest absolute Gasteiger partial charge is 0.308 e. The third kappa shape index (κ3) is 2.54. The lowest BCUT2D eigenvalue weighted by Crippen LogP contribution is -2.30. The number of benzene rings is 1. The summed E-state index contributed by atoms with van der Waals surface area (Å²) in [6.07, 6.45) is 0.377. The van der Waals surface area contributed by atoms with Gasteiger partial charge in [0.1, 0.15) is 5.56 Å². The Balaban J connectivity index is 2.22. The van der Waals surface area contributed by atoms with Gasteiger partial charge < -0.3 is 10.0 Å². The zero-order valence-corrected chi connectivity index (χ0v) is 9.98. The van der Waals surface area contributed by atoms with Gasteiger partial charge in [0, 0.05) is 19.2 Å². The topological polar surface area (TPSA) is 101 Å². The van der Waals surface area contributed by atoms with Gasteiger partial charge in [0.25, 0.3) is 11.6 Å². The molecule has 1 heterocycles. The average Bonchev–Trinajstić information content (AvgIpc) is 2.87. The van der Waals surface area contributed by atoms with E-state index in [2.05, 4.69) is 0 Å². The number of aliphatic carboxylic acids is 1. The van der Waals surface area contributed by atoms with E-state index in [4.69, 9.17) is 5.11 Å². The van der Waals surface area contributed by atoms with E-state index in [0.29, 0.717) is 13.0 Å². The molecule has 19 heavy (non-hydrogen) atoms. The normalized spacial score (nSPS) is 18.3. The van der Waals surface area contributed by atoms with E-state index in [0.717, 1.165) is 0 Å². The summed E-state index contributed by atoms with van der Waals surface area (Å²) >= 11 is 0. The van der Waals surface area contributed by atoms with E-state index in [9.17, 15) is 19.7 Å². The molecule has 1 unspecified atom stereocenters. The Morgan fingerprint density at radius 1 is 1.37 bits per heavy atom. The van der Waals surface area contributed by atoms with Crippen molar-refractivity contribution in [1.29, 1.82) is 0 Å². The van der Waals surface area contributed by atoms with Crippen molar-refractivity contribution in [2.24, 2.45) is 5.92 Å². The zero-order chi connectivity index (χ0) is 14.0. The first-order valence-electron chi connectivity index (χ1n) is 5.76. The molecule has 0 aromatic heterocycles. The summed E-state index contributed by atoms with van der Waals surface area (Å²) in [6.45, 7) is 0.405. The first kappa shape index (κ1) is 13.0. The molecule has 0 spiro atoms. The number of hydrogen-bond acceptors (Lipinski definition) is 4. The van der Waals surface area contributed by atoms with Gasteiger partial charge in [-0.25, -0.2) is 0 Å². The van der Waals surface area contributed by atoms with Gasteiger partial charge >= 0.3 is 5.97 Å². The molecule has 2 rings (SSSR count). The fourth-order valence-corrected chi connectivity index (χ4v) is 2.13. The second-order valence-corrected chi connectivity index (χ2v) is 4.35. The van der Waals surface area contributed by atoms with E-state index in [1.165, 1.54) is 23.1 Å². The quantitative estimate of drug-likeness (QED) is 0.651. The molecule has 0 saturated carbocycles. The SMILES string of the molecule is O=C(O)C1CCN(C(=O)c2ccccc2[N+](=O)[O-])C1. The number of carboxylic acids is 1. The molecule has 0 radical (unpaired) electrons. The minimum absolute atomic E-state index is 0.00135. The van der Waals surface area contributed by atoms with Gasteiger partial charge in [-0.1, -0.05) is 12.1 Å². The van der Waals surface area contributed by atoms with Crippen LogP contribution >= 0.6 is 0 Å². The standard InChI is InChI=1S/C12H12N2O5/c15-11(13-6-5-8(7-13)12(16)17)9-3-1-2-4-10(9)14(18)19/h1-4,8H,5-7H2,(H,16,17). The maximum atomic E-state index is 12.2. The van der Waals surface area contributed by atoms with Crippen LogP contribution in [0.1, 0.15) is 16.8 Å². The predicted octanol–water partition coefficient (Wildman–Crippen LogP) is 1.14. The minimum atomic E-state index is -0.946. The van der Waals surface area contributed by atoms with Gasteiger partial charge in [0.15, 0.2) is 0 Å². The van der Waals surface area contributed by atoms with E-state index in [1.807, 2.05) is 0 Å². The number of amides is 1. The largest absolute Gasteiger partial charge is 0.481 e. The number of nitrogens with zero attached hydrogens (tertiary/aromatic N) is 2. The van der Waals surface area contributed by atoms with Crippen LogP contribution in [-0.4, -0.2) is 39.9 Å². The number of hydrogen-bond donors (Lipinski definition) is 1. The van der Waals surface area contributed by atoms with Gasteiger partial charge in [-0.05, 0) is 12.5 Å². The number of carbonyl (C=O) groups excluding carboxylic acids is 1.